The molecule has 5 saturated carbocycles. The third kappa shape index (κ3) is 3.58. The van der Waals surface area contributed by atoms with Gasteiger partial charge in [0.15, 0.2) is 0 Å². The van der Waals surface area contributed by atoms with Crippen molar-refractivity contribution in [3.63, 3.8) is 0 Å². The lowest BCUT2D eigenvalue weighted by molar-refractivity contribution is -0.390. The molecule has 7 nitrogen and oxygen atoms in total. The van der Waals surface area contributed by atoms with E-state index in [1.165, 1.54) is 37.7 Å². The predicted octanol–water partition coefficient (Wildman–Crippen LogP) is 5.00. The molecule has 7 aliphatic rings. The van der Waals surface area contributed by atoms with E-state index in [9.17, 15) is 4.79 Å². The van der Waals surface area contributed by atoms with Crippen LogP contribution in [0.15, 0.2) is 24.3 Å². The van der Waals surface area contributed by atoms with Gasteiger partial charge >= 0.3 is 6.09 Å². The van der Waals surface area contributed by atoms with Crippen LogP contribution in [0.2, 0.25) is 0 Å². The Morgan fingerprint density at radius 3 is 2.35 bits per heavy atom. The lowest BCUT2D eigenvalue weighted by Crippen LogP contribution is -2.59. The third-order valence-corrected chi connectivity index (χ3v) is 9.44. The molecule has 0 N–H and O–H groups in total. The Kier molecular flexibility index (Phi) is 5.20. The van der Waals surface area contributed by atoms with Crippen molar-refractivity contribution >= 4 is 6.09 Å². The van der Waals surface area contributed by atoms with Gasteiger partial charge in [-0.15, -0.1) is 0 Å². The van der Waals surface area contributed by atoms with E-state index in [1.54, 1.807) is 4.90 Å². The van der Waals surface area contributed by atoms with Gasteiger partial charge in [0.25, 0.3) is 0 Å². The minimum absolute atomic E-state index is 0.307. The van der Waals surface area contributed by atoms with Crippen LogP contribution in [-0.4, -0.2) is 48.9 Å². The van der Waals surface area contributed by atoms with E-state index in [1.807, 2.05) is 12.1 Å². The number of amides is 1. The van der Waals surface area contributed by atoms with Crippen molar-refractivity contribution in [3.8, 4) is 5.75 Å². The summed E-state index contributed by atoms with van der Waals surface area (Å²) in [4.78, 5) is 26.4. The van der Waals surface area contributed by atoms with Crippen LogP contribution >= 0.6 is 0 Å². The smallest absolute Gasteiger partial charge is 0.410 e. The Hall–Kier alpha value is -1.67. The average Bonchev–Trinajstić information content (AvgIpc) is 3.22. The van der Waals surface area contributed by atoms with Gasteiger partial charge in [0, 0.05) is 37.8 Å². The fourth-order valence-electron chi connectivity index (χ4n) is 7.98. The monoisotopic (exact) mass is 469 g/mol. The zero-order valence-corrected chi connectivity index (χ0v) is 19.8. The molecule has 2 spiro atoms. The molecule has 2 aliphatic heterocycles. The van der Waals surface area contributed by atoms with Crippen molar-refractivity contribution in [2.75, 3.05) is 26.3 Å². The molecule has 2 heterocycles. The van der Waals surface area contributed by atoms with Gasteiger partial charge in [-0.1, -0.05) is 12.1 Å². The Balaban J connectivity index is 1.02. The summed E-state index contributed by atoms with van der Waals surface area (Å²) < 4.78 is 17.8. The molecule has 1 unspecified atom stereocenters. The molecule has 7 heteroatoms. The van der Waals surface area contributed by atoms with E-state index in [0.717, 1.165) is 37.5 Å². The second-order valence-electron chi connectivity index (χ2n) is 11.5. The second-order valence-corrected chi connectivity index (χ2v) is 11.5. The standard InChI is InChI=1S/C27H35NO6/c29-25(28-8-10-30-11-9-28)31-24-5-3-20(4-6-24)21-2-1-7-26(17-21)32-27(34-33-26)22-13-18-12-19(15-22)16-23(27)14-18/h3-6,18-19,21-23H,1-2,7-17H2/t18?,19?,21?,22?,23?,26-,27?/m1/s1. The molecule has 1 amide bonds. The van der Waals surface area contributed by atoms with Crippen LogP contribution in [0.25, 0.3) is 0 Å². The quantitative estimate of drug-likeness (QED) is 0.568. The summed E-state index contributed by atoms with van der Waals surface area (Å²) in [5.41, 5.74) is 1.24. The van der Waals surface area contributed by atoms with E-state index >= 15 is 0 Å². The minimum Gasteiger partial charge on any atom is -0.410 e. The highest BCUT2D eigenvalue weighted by Crippen LogP contribution is 2.64. The van der Waals surface area contributed by atoms with Crippen LogP contribution in [0.5, 0.6) is 5.75 Å². The number of carbonyl (C=O) groups excluding carboxylic acids is 1. The normalized spacial score (nSPS) is 43.1. The van der Waals surface area contributed by atoms with Crippen LogP contribution in [0.4, 0.5) is 4.79 Å². The number of carbonyl (C=O) groups is 1. The van der Waals surface area contributed by atoms with E-state index in [0.29, 0.717) is 49.8 Å². The van der Waals surface area contributed by atoms with Crippen molar-refractivity contribution in [1.29, 1.82) is 0 Å². The fraction of sp³-hybridized carbons (Fsp3) is 0.741. The molecule has 5 aliphatic carbocycles. The highest BCUT2D eigenvalue weighted by Gasteiger charge is 2.67. The van der Waals surface area contributed by atoms with E-state index < -0.39 is 11.6 Å². The van der Waals surface area contributed by atoms with Gasteiger partial charge in [-0.05, 0) is 80.4 Å². The Bertz CT molecular complexity index is 900. The largest absolute Gasteiger partial charge is 0.415 e. The zero-order valence-electron chi connectivity index (χ0n) is 19.8. The number of rotatable bonds is 2. The maximum Gasteiger partial charge on any atom is 0.415 e. The first-order valence-corrected chi connectivity index (χ1v) is 13.3. The van der Waals surface area contributed by atoms with Crippen molar-refractivity contribution in [3.05, 3.63) is 29.8 Å². The van der Waals surface area contributed by atoms with Gasteiger partial charge in [-0.3, -0.25) is 0 Å². The van der Waals surface area contributed by atoms with E-state index in [4.69, 9.17) is 24.0 Å². The summed E-state index contributed by atoms with van der Waals surface area (Å²) in [6.07, 6.45) is 9.92. The van der Waals surface area contributed by atoms with Gasteiger partial charge in [-0.2, -0.15) is 9.78 Å². The van der Waals surface area contributed by atoms with Gasteiger partial charge in [0.1, 0.15) is 5.75 Å². The zero-order chi connectivity index (χ0) is 22.8. The highest BCUT2D eigenvalue weighted by molar-refractivity contribution is 5.70. The summed E-state index contributed by atoms with van der Waals surface area (Å²) in [5, 5.41) is 0. The van der Waals surface area contributed by atoms with Gasteiger partial charge in [0.2, 0.25) is 11.6 Å². The molecule has 184 valence electrons. The van der Waals surface area contributed by atoms with Crippen LogP contribution < -0.4 is 4.74 Å². The van der Waals surface area contributed by atoms with Crippen LogP contribution in [-0.2, 0) is 19.2 Å². The van der Waals surface area contributed by atoms with Crippen LogP contribution in [0, 0.1) is 23.7 Å². The number of morpholine rings is 1. The SMILES string of the molecule is O=C(Oc1ccc(C2CCC[C@]3(C2)OOC2(O3)C3CC4CC(C3)CC2C4)cc1)N1CCOCC1. The summed E-state index contributed by atoms with van der Waals surface area (Å²) in [6, 6.07) is 7.97. The third-order valence-electron chi connectivity index (χ3n) is 9.44. The first-order valence-electron chi connectivity index (χ1n) is 13.3. The van der Waals surface area contributed by atoms with Crippen LogP contribution in [0.3, 0.4) is 0 Å². The molecule has 2 saturated heterocycles. The molecular weight excluding hydrogens is 434 g/mol. The molecule has 2 atom stereocenters. The summed E-state index contributed by atoms with van der Waals surface area (Å²) in [5.74, 6) is 2.50. The number of benzene rings is 1. The first-order chi connectivity index (χ1) is 16.6. The van der Waals surface area contributed by atoms with Gasteiger partial charge in [0.05, 0.1) is 13.2 Å². The lowest BCUT2D eigenvalue weighted by Gasteiger charge is -2.57. The average molecular weight is 470 g/mol. The predicted molar refractivity (Wildman–Crippen MR) is 122 cm³/mol. The molecule has 34 heavy (non-hydrogen) atoms. The first kappa shape index (κ1) is 21.6. The highest BCUT2D eigenvalue weighted by atomic mass is 17.3. The molecule has 0 radical (unpaired) electrons. The summed E-state index contributed by atoms with van der Waals surface area (Å²) in [7, 11) is 0. The number of nitrogens with zero attached hydrogens (tertiary/aromatic N) is 1. The number of ether oxygens (including phenoxy) is 3. The van der Waals surface area contributed by atoms with Crippen molar-refractivity contribution in [1.82, 2.24) is 4.90 Å². The maximum atomic E-state index is 12.4. The number of hydrogen-bond acceptors (Lipinski definition) is 6. The van der Waals surface area contributed by atoms with Gasteiger partial charge < -0.3 is 19.1 Å². The second kappa shape index (κ2) is 8.19. The molecule has 0 aromatic heterocycles. The van der Waals surface area contributed by atoms with E-state index in [-0.39, 0.29) is 6.09 Å². The molecule has 1 aromatic rings. The number of hydrogen-bond donors (Lipinski definition) is 0. The Labute approximate surface area is 200 Å². The maximum absolute atomic E-state index is 12.4. The van der Waals surface area contributed by atoms with Crippen molar-refractivity contribution in [2.45, 2.75) is 75.3 Å². The summed E-state index contributed by atoms with van der Waals surface area (Å²) in [6.45, 7) is 2.28. The Morgan fingerprint density at radius 1 is 0.941 bits per heavy atom. The molecular formula is C27H35NO6. The fourth-order valence-corrected chi connectivity index (χ4v) is 7.98. The molecule has 1 aromatic carbocycles. The Morgan fingerprint density at radius 2 is 1.65 bits per heavy atom. The lowest BCUT2D eigenvalue weighted by atomic mass is 9.53. The minimum atomic E-state index is -0.625. The van der Waals surface area contributed by atoms with E-state index in [2.05, 4.69) is 12.1 Å². The topological polar surface area (TPSA) is 66.5 Å². The molecule has 7 fully saturated rings. The molecule has 4 bridgehead atoms. The summed E-state index contributed by atoms with van der Waals surface area (Å²) >= 11 is 0. The van der Waals surface area contributed by atoms with Crippen LogP contribution in [0.1, 0.15) is 69.3 Å². The van der Waals surface area contributed by atoms with Gasteiger partial charge in [-0.25, -0.2) is 4.79 Å². The van der Waals surface area contributed by atoms with Crippen molar-refractivity contribution in [2.24, 2.45) is 23.7 Å². The molecule has 8 rings (SSSR count). The van der Waals surface area contributed by atoms with Crippen molar-refractivity contribution < 1.29 is 28.8 Å².